The van der Waals surface area contributed by atoms with Gasteiger partial charge in [-0.15, -0.1) is 22.7 Å². The molecule has 0 aliphatic carbocycles. The third-order valence-corrected chi connectivity index (χ3v) is 6.70. The summed E-state index contributed by atoms with van der Waals surface area (Å²) in [6.45, 7) is 5.82. The van der Waals surface area contributed by atoms with Crippen molar-refractivity contribution in [3.8, 4) is 10.8 Å². The number of nitrogens with zero attached hydrogens (tertiary/aromatic N) is 2. The zero-order chi connectivity index (χ0) is 18.6. The zero-order valence-electron chi connectivity index (χ0n) is 15.3. The predicted octanol–water partition coefficient (Wildman–Crippen LogP) is 4.42. The molecule has 5 nitrogen and oxygen atoms in total. The molecule has 1 N–H and O–H groups in total. The van der Waals surface area contributed by atoms with Gasteiger partial charge in [0.2, 0.25) is 0 Å². The molecule has 0 spiro atoms. The molecule has 1 fully saturated rings. The van der Waals surface area contributed by atoms with E-state index in [0.29, 0.717) is 23.9 Å². The summed E-state index contributed by atoms with van der Waals surface area (Å²) in [7, 11) is 0. The van der Waals surface area contributed by atoms with Crippen LogP contribution >= 0.6 is 22.7 Å². The number of piperidine rings is 1. The van der Waals surface area contributed by atoms with Crippen molar-refractivity contribution < 1.29 is 9.21 Å². The number of carbonyl (C=O) groups excluding carboxylic acids is 1. The fourth-order valence-corrected chi connectivity index (χ4v) is 5.14. The van der Waals surface area contributed by atoms with E-state index < -0.39 is 0 Å². The topological polar surface area (TPSA) is 58.4 Å². The summed E-state index contributed by atoms with van der Waals surface area (Å²) in [6.07, 6.45) is 3.97. The van der Waals surface area contributed by atoms with Gasteiger partial charge in [-0.05, 0) is 55.8 Å². The first-order chi connectivity index (χ1) is 13.2. The Morgan fingerprint density at radius 1 is 1.41 bits per heavy atom. The van der Waals surface area contributed by atoms with E-state index in [0.717, 1.165) is 35.9 Å². The van der Waals surface area contributed by atoms with Crippen LogP contribution < -0.4 is 5.32 Å². The number of aromatic nitrogens is 1. The molecule has 1 aliphatic heterocycles. The summed E-state index contributed by atoms with van der Waals surface area (Å²) in [4.78, 5) is 21.9. The molecule has 142 valence electrons. The number of hydrogen-bond donors (Lipinski definition) is 1. The second-order valence-electron chi connectivity index (χ2n) is 6.93. The molecule has 0 aromatic carbocycles. The van der Waals surface area contributed by atoms with Crippen LogP contribution in [-0.2, 0) is 6.54 Å². The van der Waals surface area contributed by atoms with Crippen LogP contribution in [0, 0.1) is 12.8 Å². The lowest BCUT2D eigenvalue weighted by molar-refractivity contribution is 0.0926. The molecule has 3 aromatic rings. The maximum absolute atomic E-state index is 12.6. The molecule has 27 heavy (non-hydrogen) atoms. The minimum Gasteiger partial charge on any atom is -0.462 e. The standard InChI is InChI=1S/C20H23N3O2S2/c1-14-18(22-20(27-14)17-7-3-9-25-17)19(24)21-11-15-5-2-8-23(12-15)13-16-6-4-10-26-16/h3-4,6-7,9-10,15H,2,5,8,11-13H2,1H3,(H,21,24). The van der Waals surface area contributed by atoms with Gasteiger partial charge in [0.15, 0.2) is 10.8 Å². The summed E-state index contributed by atoms with van der Waals surface area (Å²) in [6, 6.07) is 7.99. The molecule has 4 rings (SSSR count). The van der Waals surface area contributed by atoms with E-state index in [1.165, 1.54) is 22.6 Å². The monoisotopic (exact) mass is 401 g/mol. The molecular formula is C20H23N3O2S2. The maximum Gasteiger partial charge on any atom is 0.271 e. The van der Waals surface area contributed by atoms with Gasteiger partial charge >= 0.3 is 0 Å². The number of furan rings is 1. The van der Waals surface area contributed by atoms with Crippen molar-refractivity contribution in [1.82, 2.24) is 15.2 Å². The molecule has 3 aromatic heterocycles. The smallest absolute Gasteiger partial charge is 0.271 e. The number of thiophene rings is 1. The number of nitrogens with one attached hydrogen (secondary N) is 1. The van der Waals surface area contributed by atoms with Gasteiger partial charge in [-0.2, -0.15) is 0 Å². The summed E-state index contributed by atoms with van der Waals surface area (Å²) in [5.41, 5.74) is 0.512. The van der Waals surface area contributed by atoms with Crippen LogP contribution in [0.4, 0.5) is 0 Å². The van der Waals surface area contributed by atoms with Gasteiger partial charge in [-0.3, -0.25) is 9.69 Å². The van der Waals surface area contributed by atoms with Crippen LogP contribution in [0.15, 0.2) is 40.3 Å². The zero-order valence-corrected chi connectivity index (χ0v) is 16.9. The lowest BCUT2D eigenvalue weighted by atomic mass is 9.98. The highest BCUT2D eigenvalue weighted by Gasteiger charge is 2.22. The van der Waals surface area contributed by atoms with Gasteiger partial charge in [0.05, 0.1) is 6.26 Å². The second-order valence-corrected chi connectivity index (χ2v) is 9.17. The van der Waals surface area contributed by atoms with E-state index >= 15 is 0 Å². The van der Waals surface area contributed by atoms with Crippen LogP contribution in [0.5, 0.6) is 0 Å². The number of carbonyl (C=O) groups is 1. The van der Waals surface area contributed by atoms with Crippen molar-refractivity contribution in [2.75, 3.05) is 19.6 Å². The van der Waals surface area contributed by atoms with Crippen molar-refractivity contribution >= 4 is 28.6 Å². The number of hydrogen-bond acceptors (Lipinski definition) is 6. The fraction of sp³-hybridized carbons (Fsp3) is 0.400. The molecule has 0 bridgehead atoms. The minimum absolute atomic E-state index is 0.0862. The summed E-state index contributed by atoms with van der Waals surface area (Å²) in [5, 5.41) is 5.98. The number of aryl methyl sites for hydroxylation is 1. The first-order valence-electron chi connectivity index (χ1n) is 9.23. The average Bonchev–Trinajstić information content (AvgIpc) is 3.41. The SMILES string of the molecule is Cc1sc(-c2ccco2)nc1C(=O)NCC1CCCN(Cc2cccs2)C1. The Labute approximate surface area is 167 Å². The minimum atomic E-state index is -0.0862. The summed E-state index contributed by atoms with van der Waals surface area (Å²) >= 11 is 3.30. The molecule has 1 atom stereocenters. The van der Waals surface area contributed by atoms with Crippen LogP contribution in [-0.4, -0.2) is 35.4 Å². The lowest BCUT2D eigenvalue weighted by Gasteiger charge is -2.32. The molecule has 4 heterocycles. The summed E-state index contributed by atoms with van der Waals surface area (Å²) < 4.78 is 5.39. The summed E-state index contributed by atoms with van der Waals surface area (Å²) in [5.74, 6) is 1.11. The normalized spacial score (nSPS) is 17.9. The van der Waals surface area contributed by atoms with E-state index in [9.17, 15) is 4.79 Å². The fourth-order valence-electron chi connectivity index (χ4n) is 3.52. The molecule has 1 saturated heterocycles. The lowest BCUT2D eigenvalue weighted by Crippen LogP contribution is -2.40. The number of likely N-dealkylation sites (tertiary alicyclic amines) is 1. The van der Waals surface area contributed by atoms with E-state index in [1.807, 2.05) is 30.4 Å². The maximum atomic E-state index is 12.6. The van der Waals surface area contributed by atoms with Gasteiger partial charge in [-0.1, -0.05) is 6.07 Å². The average molecular weight is 402 g/mol. The largest absolute Gasteiger partial charge is 0.462 e. The Kier molecular flexibility index (Phi) is 5.71. The molecule has 0 radical (unpaired) electrons. The predicted molar refractivity (Wildman–Crippen MR) is 109 cm³/mol. The number of amides is 1. The Balaban J connectivity index is 1.32. The molecule has 0 saturated carbocycles. The van der Waals surface area contributed by atoms with Gasteiger partial charge in [0, 0.05) is 29.4 Å². The second kappa shape index (κ2) is 8.37. The number of thiazole rings is 1. The van der Waals surface area contributed by atoms with Crippen LogP contribution in [0.3, 0.4) is 0 Å². The Bertz CT molecular complexity index is 871. The van der Waals surface area contributed by atoms with Crippen molar-refractivity contribution in [2.45, 2.75) is 26.3 Å². The third-order valence-electron chi connectivity index (χ3n) is 4.86. The highest BCUT2D eigenvalue weighted by Crippen LogP contribution is 2.28. The quantitative estimate of drug-likeness (QED) is 0.664. The van der Waals surface area contributed by atoms with E-state index in [-0.39, 0.29) is 5.91 Å². The Hall–Kier alpha value is -1.96. The van der Waals surface area contributed by atoms with Gasteiger partial charge in [0.1, 0.15) is 5.69 Å². The molecule has 1 amide bonds. The number of rotatable bonds is 6. The van der Waals surface area contributed by atoms with Gasteiger partial charge in [-0.25, -0.2) is 4.98 Å². The third kappa shape index (κ3) is 4.48. The molecule has 7 heteroatoms. The van der Waals surface area contributed by atoms with Crippen LogP contribution in [0.1, 0.15) is 33.1 Å². The molecule has 1 unspecified atom stereocenters. The van der Waals surface area contributed by atoms with Crippen LogP contribution in [0.2, 0.25) is 0 Å². The van der Waals surface area contributed by atoms with Gasteiger partial charge in [0.25, 0.3) is 5.91 Å². The molecular weight excluding hydrogens is 378 g/mol. The van der Waals surface area contributed by atoms with Crippen molar-refractivity contribution in [3.63, 3.8) is 0 Å². The van der Waals surface area contributed by atoms with Crippen molar-refractivity contribution in [2.24, 2.45) is 5.92 Å². The van der Waals surface area contributed by atoms with Gasteiger partial charge < -0.3 is 9.73 Å². The van der Waals surface area contributed by atoms with E-state index in [1.54, 1.807) is 6.26 Å². The van der Waals surface area contributed by atoms with Crippen molar-refractivity contribution in [1.29, 1.82) is 0 Å². The Morgan fingerprint density at radius 3 is 3.11 bits per heavy atom. The van der Waals surface area contributed by atoms with E-state index in [4.69, 9.17) is 4.42 Å². The highest BCUT2D eigenvalue weighted by molar-refractivity contribution is 7.15. The Morgan fingerprint density at radius 2 is 2.33 bits per heavy atom. The molecule has 1 aliphatic rings. The van der Waals surface area contributed by atoms with Crippen molar-refractivity contribution in [3.05, 3.63) is 51.4 Å². The van der Waals surface area contributed by atoms with Crippen LogP contribution in [0.25, 0.3) is 10.8 Å². The first kappa shape index (κ1) is 18.4. The van der Waals surface area contributed by atoms with E-state index in [2.05, 4.69) is 32.7 Å². The first-order valence-corrected chi connectivity index (χ1v) is 10.9. The highest BCUT2D eigenvalue weighted by atomic mass is 32.1.